The Morgan fingerprint density at radius 1 is 1.35 bits per heavy atom. The summed E-state index contributed by atoms with van der Waals surface area (Å²) in [6.07, 6.45) is 5.51. The molecule has 2 atom stereocenters. The summed E-state index contributed by atoms with van der Waals surface area (Å²) in [5.74, 6) is -1.13. The molecule has 1 rings (SSSR count). The first kappa shape index (κ1) is 13.7. The Hall–Kier alpha value is -1.32. The zero-order valence-electron chi connectivity index (χ0n) is 10.6. The molecule has 4 nitrogen and oxygen atoms in total. The van der Waals surface area contributed by atoms with Crippen LogP contribution in [-0.2, 0) is 14.3 Å². The summed E-state index contributed by atoms with van der Waals surface area (Å²) in [4.78, 5) is 21.8. The third kappa shape index (κ3) is 3.88. The van der Waals surface area contributed by atoms with E-state index >= 15 is 0 Å². The number of aliphatic carboxylic acids is 1. The lowest BCUT2D eigenvalue weighted by atomic mass is 9.75. The van der Waals surface area contributed by atoms with Crippen LogP contribution in [0.15, 0.2) is 12.2 Å². The van der Waals surface area contributed by atoms with Gasteiger partial charge >= 0.3 is 11.9 Å². The van der Waals surface area contributed by atoms with Gasteiger partial charge in [-0.1, -0.05) is 19.1 Å². The summed E-state index contributed by atoms with van der Waals surface area (Å²) in [5.41, 5.74) is -0.614. The monoisotopic (exact) mass is 240 g/mol. The van der Waals surface area contributed by atoms with Gasteiger partial charge in [0.2, 0.25) is 0 Å². The second-order valence-electron chi connectivity index (χ2n) is 5.17. The Kier molecular flexibility index (Phi) is 4.32. The molecule has 4 heteroatoms. The first-order valence-electron chi connectivity index (χ1n) is 5.91. The van der Waals surface area contributed by atoms with Gasteiger partial charge in [-0.25, -0.2) is 0 Å². The largest absolute Gasteiger partial charge is 0.481 e. The highest BCUT2D eigenvalue weighted by molar-refractivity contribution is 5.90. The predicted octanol–water partition coefficient (Wildman–Crippen LogP) is 2.39. The molecule has 1 N–H and O–H groups in total. The Balaban J connectivity index is 2.63. The summed E-state index contributed by atoms with van der Waals surface area (Å²) in [7, 11) is 0. The zero-order valence-corrected chi connectivity index (χ0v) is 10.6. The minimum atomic E-state index is -1.15. The van der Waals surface area contributed by atoms with Gasteiger partial charge in [0.15, 0.2) is 0 Å². The number of hydrogen-bond donors (Lipinski definition) is 1. The number of hydrogen-bond acceptors (Lipinski definition) is 3. The minimum Gasteiger partial charge on any atom is -0.481 e. The standard InChI is InChI=1S/C13H20O4/c1-9-6-4-5-7-10(9)13(2,3)17-12(16)8-11(14)15/h4-5,9-10H,6-8H2,1-3H3,(H,14,15). The molecule has 0 fully saturated rings. The van der Waals surface area contributed by atoms with Crippen molar-refractivity contribution in [1.29, 1.82) is 0 Å². The fraction of sp³-hybridized carbons (Fsp3) is 0.692. The Labute approximate surface area is 102 Å². The molecule has 17 heavy (non-hydrogen) atoms. The highest BCUT2D eigenvalue weighted by atomic mass is 16.6. The molecule has 0 saturated carbocycles. The van der Waals surface area contributed by atoms with Gasteiger partial charge in [0, 0.05) is 5.92 Å². The van der Waals surface area contributed by atoms with Crippen LogP contribution in [0.25, 0.3) is 0 Å². The van der Waals surface area contributed by atoms with E-state index in [4.69, 9.17) is 9.84 Å². The van der Waals surface area contributed by atoms with E-state index in [1.54, 1.807) is 0 Å². The maximum Gasteiger partial charge on any atom is 0.317 e. The number of ether oxygens (including phenoxy) is 1. The Morgan fingerprint density at radius 3 is 2.47 bits per heavy atom. The van der Waals surface area contributed by atoms with E-state index in [-0.39, 0.29) is 5.92 Å². The molecule has 2 unspecified atom stereocenters. The van der Waals surface area contributed by atoms with E-state index in [9.17, 15) is 9.59 Å². The van der Waals surface area contributed by atoms with Gasteiger partial charge in [0.1, 0.15) is 12.0 Å². The molecule has 0 aromatic heterocycles. The summed E-state index contributed by atoms with van der Waals surface area (Å²) in [6, 6.07) is 0. The maximum atomic E-state index is 11.4. The fourth-order valence-corrected chi connectivity index (χ4v) is 2.45. The van der Waals surface area contributed by atoms with Crippen LogP contribution >= 0.6 is 0 Å². The number of carboxylic acid groups (broad SMARTS) is 1. The normalized spacial score (nSPS) is 24.4. The fourth-order valence-electron chi connectivity index (χ4n) is 2.45. The van der Waals surface area contributed by atoms with Gasteiger partial charge in [-0.15, -0.1) is 0 Å². The van der Waals surface area contributed by atoms with Crippen LogP contribution in [0.3, 0.4) is 0 Å². The summed E-state index contributed by atoms with van der Waals surface area (Å²) in [6.45, 7) is 5.83. The van der Waals surface area contributed by atoms with E-state index in [1.165, 1.54) is 0 Å². The lowest BCUT2D eigenvalue weighted by molar-refractivity contribution is -0.167. The van der Waals surface area contributed by atoms with Crippen molar-refractivity contribution in [2.45, 2.75) is 45.6 Å². The van der Waals surface area contributed by atoms with Crippen molar-refractivity contribution in [2.24, 2.45) is 11.8 Å². The molecule has 0 aromatic rings. The molecule has 0 amide bonds. The van der Waals surface area contributed by atoms with Crippen LogP contribution in [0.5, 0.6) is 0 Å². The van der Waals surface area contributed by atoms with E-state index in [0.29, 0.717) is 5.92 Å². The second-order valence-corrected chi connectivity index (χ2v) is 5.17. The highest BCUT2D eigenvalue weighted by Gasteiger charge is 2.37. The molecule has 0 heterocycles. The number of carbonyl (C=O) groups excluding carboxylic acids is 1. The number of rotatable bonds is 4. The summed E-state index contributed by atoms with van der Waals surface area (Å²) >= 11 is 0. The number of carboxylic acids is 1. The topological polar surface area (TPSA) is 63.6 Å². The maximum absolute atomic E-state index is 11.4. The van der Waals surface area contributed by atoms with E-state index in [0.717, 1.165) is 12.8 Å². The van der Waals surface area contributed by atoms with Crippen molar-refractivity contribution < 1.29 is 19.4 Å². The summed E-state index contributed by atoms with van der Waals surface area (Å²) < 4.78 is 5.30. The Morgan fingerprint density at radius 2 is 1.94 bits per heavy atom. The second kappa shape index (κ2) is 5.34. The molecular weight excluding hydrogens is 220 g/mol. The van der Waals surface area contributed by atoms with Crippen molar-refractivity contribution in [2.75, 3.05) is 0 Å². The van der Waals surface area contributed by atoms with E-state index in [2.05, 4.69) is 19.1 Å². The van der Waals surface area contributed by atoms with Gasteiger partial charge in [0.05, 0.1) is 0 Å². The first-order chi connectivity index (χ1) is 7.83. The lowest BCUT2D eigenvalue weighted by Gasteiger charge is -2.38. The van der Waals surface area contributed by atoms with Crippen molar-refractivity contribution in [3.05, 3.63) is 12.2 Å². The molecule has 1 aliphatic carbocycles. The molecule has 0 radical (unpaired) electrons. The van der Waals surface area contributed by atoms with Gasteiger partial charge in [-0.2, -0.15) is 0 Å². The highest BCUT2D eigenvalue weighted by Crippen LogP contribution is 2.36. The number of carbonyl (C=O) groups is 2. The number of allylic oxidation sites excluding steroid dienone is 2. The van der Waals surface area contributed by atoms with Gasteiger partial charge in [-0.05, 0) is 32.6 Å². The molecule has 1 aliphatic rings. The molecule has 0 aromatic carbocycles. The van der Waals surface area contributed by atoms with Crippen LogP contribution in [0, 0.1) is 11.8 Å². The van der Waals surface area contributed by atoms with Crippen molar-refractivity contribution in [1.82, 2.24) is 0 Å². The molecule has 0 spiro atoms. The Bertz CT molecular complexity index is 330. The van der Waals surface area contributed by atoms with Crippen molar-refractivity contribution in [3.8, 4) is 0 Å². The average molecular weight is 240 g/mol. The van der Waals surface area contributed by atoms with Crippen molar-refractivity contribution in [3.63, 3.8) is 0 Å². The van der Waals surface area contributed by atoms with E-state index < -0.39 is 24.0 Å². The average Bonchev–Trinajstić information content (AvgIpc) is 2.15. The third-order valence-electron chi connectivity index (χ3n) is 3.32. The van der Waals surface area contributed by atoms with Gasteiger partial charge < -0.3 is 9.84 Å². The van der Waals surface area contributed by atoms with Crippen molar-refractivity contribution >= 4 is 11.9 Å². The van der Waals surface area contributed by atoms with Crippen LogP contribution in [-0.4, -0.2) is 22.6 Å². The summed E-state index contributed by atoms with van der Waals surface area (Å²) in [5, 5.41) is 8.53. The zero-order chi connectivity index (χ0) is 13.1. The molecule has 96 valence electrons. The quantitative estimate of drug-likeness (QED) is 0.465. The smallest absolute Gasteiger partial charge is 0.317 e. The van der Waals surface area contributed by atoms with Gasteiger partial charge in [-0.3, -0.25) is 9.59 Å². The third-order valence-corrected chi connectivity index (χ3v) is 3.32. The molecule has 0 aliphatic heterocycles. The minimum absolute atomic E-state index is 0.241. The SMILES string of the molecule is CC1CC=CCC1C(C)(C)OC(=O)CC(=O)O. The lowest BCUT2D eigenvalue weighted by Crippen LogP contribution is -2.41. The van der Waals surface area contributed by atoms with Crippen LogP contribution < -0.4 is 0 Å². The molecular formula is C13H20O4. The van der Waals surface area contributed by atoms with Crippen LogP contribution in [0.2, 0.25) is 0 Å². The number of esters is 1. The molecule has 0 saturated heterocycles. The van der Waals surface area contributed by atoms with Crippen LogP contribution in [0.4, 0.5) is 0 Å². The van der Waals surface area contributed by atoms with E-state index in [1.807, 2.05) is 13.8 Å². The van der Waals surface area contributed by atoms with Gasteiger partial charge in [0.25, 0.3) is 0 Å². The first-order valence-corrected chi connectivity index (χ1v) is 5.91. The van der Waals surface area contributed by atoms with Crippen LogP contribution in [0.1, 0.15) is 40.0 Å². The molecule has 0 bridgehead atoms. The predicted molar refractivity (Wildman–Crippen MR) is 63.5 cm³/mol.